The van der Waals surface area contributed by atoms with Crippen molar-refractivity contribution in [2.24, 2.45) is 0 Å². The molecular weight excluding hydrogens is 409 g/mol. The van der Waals surface area contributed by atoms with Crippen LogP contribution in [0.1, 0.15) is 18.1 Å². The maximum Gasteiger partial charge on any atom is 0.231 e. The Morgan fingerprint density at radius 1 is 1.00 bits per heavy atom. The van der Waals surface area contributed by atoms with Gasteiger partial charge in [0.2, 0.25) is 5.88 Å². The van der Waals surface area contributed by atoms with Gasteiger partial charge in [-0.15, -0.1) is 0 Å². The maximum absolute atomic E-state index is 13.2. The van der Waals surface area contributed by atoms with Gasteiger partial charge in [0.05, 0.1) is 6.04 Å². The van der Waals surface area contributed by atoms with Crippen molar-refractivity contribution in [3.63, 3.8) is 0 Å². The van der Waals surface area contributed by atoms with E-state index in [4.69, 9.17) is 9.47 Å². The summed E-state index contributed by atoms with van der Waals surface area (Å²) in [6.45, 7) is 2.26. The van der Waals surface area contributed by atoms with Crippen LogP contribution < -0.4 is 5.32 Å². The first-order valence-corrected chi connectivity index (χ1v) is 9.85. The van der Waals surface area contributed by atoms with E-state index in [0.717, 1.165) is 16.7 Å². The van der Waals surface area contributed by atoms with E-state index in [0.29, 0.717) is 24.9 Å². The van der Waals surface area contributed by atoms with E-state index >= 15 is 0 Å². The van der Waals surface area contributed by atoms with Crippen molar-refractivity contribution in [2.75, 3.05) is 6.67 Å². The molecule has 3 rings (SSSR count). The Morgan fingerprint density at radius 2 is 1.56 bits per heavy atom. The molecule has 0 saturated carbocycles. The van der Waals surface area contributed by atoms with Gasteiger partial charge in [-0.2, -0.15) is 0 Å². The normalized spacial score (nSPS) is 19.1. The van der Waals surface area contributed by atoms with E-state index < -0.39 is 6.67 Å². The van der Waals surface area contributed by atoms with Crippen LogP contribution >= 0.6 is 15.9 Å². The fourth-order valence-electron chi connectivity index (χ4n) is 2.94. The first-order chi connectivity index (χ1) is 13.2. The predicted octanol–water partition coefficient (Wildman–Crippen LogP) is 5.24. The lowest BCUT2D eigenvalue weighted by molar-refractivity contribution is 0.140. The Bertz CT molecular complexity index is 790. The van der Waals surface area contributed by atoms with Crippen LogP contribution in [-0.4, -0.2) is 17.5 Å². The van der Waals surface area contributed by atoms with E-state index in [1.54, 1.807) is 6.08 Å². The van der Waals surface area contributed by atoms with Gasteiger partial charge in [0.1, 0.15) is 19.9 Å². The van der Waals surface area contributed by atoms with E-state index in [1.807, 2.05) is 67.6 Å². The molecule has 27 heavy (non-hydrogen) atoms. The third kappa shape index (κ3) is 5.13. The monoisotopic (exact) mass is 431 g/mol. The molecule has 1 N–H and O–H groups in total. The van der Waals surface area contributed by atoms with Crippen LogP contribution in [0.4, 0.5) is 4.39 Å². The minimum Gasteiger partial charge on any atom is -0.483 e. The average molecular weight is 432 g/mol. The predicted molar refractivity (Wildman–Crippen MR) is 109 cm³/mol. The van der Waals surface area contributed by atoms with Crippen LogP contribution in [0.25, 0.3) is 0 Å². The molecule has 142 valence electrons. The zero-order valence-corrected chi connectivity index (χ0v) is 16.8. The summed E-state index contributed by atoms with van der Waals surface area (Å²) in [7, 11) is 0. The van der Waals surface area contributed by atoms with Crippen molar-refractivity contribution in [1.29, 1.82) is 0 Å². The van der Waals surface area contributed by atoms with Gasteiger partial charge in [0.15, 0.2) is 5.76 Å². The number of hydrogen-bond donors (Lipinski definition) is 1. The molecule has 0 unspecified atom stereocenters. The van der Waals surface area contributed by atoms with Gasteiger partial charge >= 0.3 is 0 Å². The molecule has 1 heterocycles. The number of rotatable bonds is 8. The van der Waals surface area contributed by atoms with Gasteiger partial charge in [0.25, 0.3) is 0 Å². The average Bonchev–Trinajstić information content (AvgIpc) is 3.04. The molecule has 2 aromatic rings. The molecule has 0 bridgehead atoms. The summed E-state index contributed by atoms with van der Waals surface area (Å²) in [6, 6.07) is 19.7. The summed E-state index contributed by atoms with van der Waals surface area (Å²) in [4.78, 5) is 0.0865. The van der Waals surface area contributed by atoms with Crippen molar-refractivity contribution < 1.29 is 13.9 Å². The molecule has 0 saturated heterocycles. The highest BCUT2D eigenvalue weighted by atomic mass is 79.9. The van der Waals surface area contributed by atoms with Crippen LogP contribution in [0, 0.1) is 0 Å². The largest absolute Gasteiger partial charge is 0.483 e. The first-order valence-electron chi connectivity index (χ1n) is 8.93. The SMILES string of the molecule is C[C@@H](Br)[C@@H]1NC(OCc2ccccc2)=C(OCc2ccccc2)/C1=C/CF. The summed E-state index contributed by atoms with van der Waals surface area (Å²) < 4.78 is 25.2. The van der Waals surface area contributed by atoms with Crippen LogP contribution in [-0.2, 0) is 22.7 Å². The van der Waals surface area contributed by atoms with E-state index in [9.17, 15) is 4.39 Å². The summed E-state index contributed by atoms with van der Waals surface area (Å²) in [5.41, 5.74) is 2.88. The van der Waals surface area contributed by atoms with Gasteiger partial charge in [-0.05, 0) is 17.2 Å². The third-order valence-electron chi connectivity index (χ3n) is 4.30. The van der Waals surface area contributed by atoms with Crippen molar-refractivity contribution >= 4 is 15.9 Å². The Kier molecular flexibility index (Phi) is 6.93. The number of alkyl halides is 2. The number of nitrogens with one attached hydrogen (secondary N) is 1. The smallest absolute Gasteiger partial charge is 0.231 e. The molecule has 0 radical (unpaired) electrons. The van der Waals surface area contributed by atoms with Crippen LogP contribution in [0.15, 0.2) is 84.0 Å². The van der Waals surface area contributed by atoms with Crippen LogP contribution in [0.2, 0.25) is 0 Å². The number of halogens is 2. The third-order valence-corrected chi connectivity index (χ3v) is 4.83. The molecule has 1 aliphatic heterocycles. The molecule has 0 spiro atoms. The lowest BCUT2D eigenvalue weighted by atomic mass is 10.1. The zero-order valence-electron chi connectivity index (χ0n) is 15.2. The minimum atomic E-state index is -0.558. The van der Waals surface area contributed by atoms with E-state index in [-0.39, 0.29) is 10.9 Å². The molecular formula is C22H23BrFNO2. The summed E-state index contributed by atoms with van der Waals surface area (Å²) in [6.07, 6.45) is 1.55. The minimum absolute atomic E-state index is 0.0865. The second-order valence-electron chi connectivity index (χ2n) is 6.32. The summed E-state index contributed by atoms with van der Waals surface area (Å²) in [5, 5.41) is 3.33. The summed E-state index contributed by atoms with van der Waals surface area (Å²) >= 11 is 3.60. The van der Waals surface area contributed by atoms with Gasteiger partial charge in [0, 0.05) is 10.4 Å². The fourth-order valence-corrected chi connectivity index (χ4v) is 3.35. The zero-order chi connectivity index (χ0) is 19.1. The molecule has 0 amide bonds. The molecule has 2 atom stereocenters. The standard InChI is InChI=1S/C22H23BrFNO2/c1-16(23)20-19(12-13-24)21(26-14-17-8-4-2-5-9-17)22(25-20)27-15-18-10-6-3-7-11-18/h2-12,16,20,25H,13-15H2,1H3/b19-12+/t16-,20+/m1/s1. The van der Waals surface area contributed by atoms with Gasteiger partial charge < -0.3 is 14.8 Å². The quantitative estimate of drug-likeness (QED) is 0.579. The van der Waals surface area contributed by atoms with Gasteiger partial charge in [-0.25, -0.2) is 4.39 Å². The number of ether oxygens (including phenoxy) is 2. The van der Waals surface area contributed by atoms with Crippen molar-refractivity contribution in [3.05, 3.63) is 95.1 Å². The molecule has 0 aromatic heterocycles. The Hall–Kier alpha value is -2.27. The first kappa shape index (κ1) is 19.5. The van der Waals surface area contributed by atoms with E-state index in [1.165, 1.54) is 0 Å². The molecule has 0 aliphatic carbocycles. The van der Waals surface area contributed by atoms with Gasteiger partial charge in [-0.1, -0.05) is 83.5 Å². The highest BCUT2D eigenvalue weighted by Crippen LogP contribution is 2.32. The van der Waals surface area contributed by atoms with E-state index in [2.05, 4.69) is 21.2 Å². The van der Waals surface area contributed by atoms with Crippen molar-refractivity contribution in [2.45, 2.75) is 31.0 Å². The lowest BCUT2D eigenvalue weighted by Crippen LogP contribution is -2.32. The molecule has 0 fully saturated rings. The van der Waals surface area contributed by atoms with Gasteiger partial charge in [-0.3, -0.25) is 0 Å². The Labute approximate surface area is 168 Å². The molecule has 5 heteroatoms. The van der Waals surface area contributed by atoms with Crippen molar-refractivity contribution in [3.8, 4) is 0 Å². The Morgan fingerprint density at radius 3 is 2.07 bits per heavy atom. The second-order valence-corrected chi connectivity index (χ2v) is 7.76. The maximum atomic E-state index is 13.2. The molecule has 3 nitrogen and oxygen atoms in total. The molecule has 2 aromatic carbocycles. The number of allylic oxidation sites excluding steroid dienone is 1. The van der Waals surface area contributed by atoms with Crippen LogP contribution in [0.5, 0.6) is 0 Å². The fraction of sp³-hybridized carbons (Fsp3) is 0.273. The highest BCUT2D eigenvalue weighted by Gasteiger charge is 2.34. The lowest BCUT2D eigenvalue weighted by Gasteiger charge is -2.17. The van der Waals surface area contributed by atoms with Crippen molar-refractivity contribution in [1.82, 2.24) is 5.32 Å². The summed E-state index contributed by atoms with van der Waals surface area (Å²) in [5.74, 6) is 1.12. The topological polar surface area (TPSA) is 30.5 Å². The van der Waals surface area contributed by atoms with Crippen LogP contribution in [0.3, 0.4) is 0 Å². The highest BCUT2D eigenvalue weighted by molar-refractivity contribution is 9.09. The number of benzene rings is 2. The second kappa shape index (κ2) is 9.60. The molecule has 1 aliphatic rings. The Balaban J connectivity index is 1.81. The number of hydrogen-bond acceptors (Lipinski definition) is 3.